The van der Waals surface area contributed by atoms with Crippen molar-refractivity contribution in [2.75, 3.05) is 24.2 Å². The van der Waals surface area contributed by atoms with E-state index in [0.717, 1.165) is 25.9 Å². The molecule has 0 bridgehead atoms. The van der Waals surface area contributed by atoms with E-state index in [1.165, 1.54) is 31.7 Å². The fourth-order valence-electron chi connectivity index (χ4n) is 4.73. The normalized spacial score (nSPS) is 25.6. The van der Waals surface area contributed by atoms with Gasteiger partial charge in [0.2, 0.25) is 11.8 Å². The Morgan fingerprint density at radius 1 is 1.10 bits per heavy atom. The molecule has 2 unspecified atom stereocenters. The van der Waals surface area contributed by atoms with Crippen LogP contribution in [-0.2, 0) is 9.59 Å². The van der Waals surface area contributed by atoms with E-state index in [1.807, 2.05) is 16.7 Å². The molecule has 3 N–H and O–H groups in total. The van der Waals surface area contributed by atoms with E-state index in [0.29, 0.717) is 23.3 Å². The molecule has 1 saturated carbocycles. The minimum absolute atomic E-state index is 0.187. The molecule has 2 saturated heterocycles. The van der Waals surface area contributed by atoms with E-state index in [4.69, 9.17) is 0 Å². The van der Waals surface area contributed by atoms with Crippen molar-refractivity contribution >= 4 is 29.3 Å². The number of nitrogens with one attached hydrogen (secondary N) is 3. The highest BCUT2D eigenvalue weighted by Gasteiger charge is 2.36. The summed E-state index contributed by atoms with van der Waals surface area (Å²) < 4.78 is 13.8. The first kappa shape index (κ1) is 21.6. The molecular formula is C22H31FN4O2S. The summed E-state index contributed by atoms with van der Waals surface area (Å²) in [7, 11) is 0. The summed E-state index contributed by atoms with van der Waals surface area (Å²) in [5, 5.41) is 3.34. The lowest BCUT2D eigenvalue weighted by Gasteiger charge is -2.34. The van der Waals surface area contributed by atoms with Crippen molar-refractivity contribution in [3.8, 4) is 0 Å². The van der Waals surface area contributed by atoms with Crippen molar-refractivity contribution in [2.45, 2.75) is 62.3 Å². The lowest BCUT2D eigenvalue weighted by atomic mass is 9.87. The van der Waals surface area contributed by atoms with Crippen LogP contribution in [-0.4, -0.2) is 52.9 Å². The van der Waals surface area contributed by atoms with Gasteiger partial charge in [-0.25, -0.2) is 9.82 Å². The number of para-hydroxylation sites is 1. The lowest BCUT2D eigenvalue weighted by molar-refractivity contribution is -0.129. The van der Waals surface area contributed by atoms with Gasteiger partial charge in [0.15, 0.2) is 0 Å². The van der Waals surface area contributed by atoms with Gasteiger partial charge in [0.1, 0.15) is 11.9 Å². The second-order valence-corrected chi connectivity index (χ2v) is 9.88. The van der Waals surface area contributed by atoms with E-state index >= 15 is 0 Å². The van der Waals surface area contributed by atoms with Gasteiger partial charge in [-0.3, -0.25) is 15.0 Å². The maximum atomic E-state index is 13.8. The van der Waals surface area contributed by atoms with Gasteiger partial charge in [-0.05, 0) is 50.2 Å². The summed E-state index contributed by atoms with van der Waals surface area (Å²) in [6.07, 6.45) is 7.67. The zero-order valence-corrected chi connectivity index (χ0v) is 18.1. The highest BCUT2D eigenvalue weighted by atomic mass is 32.2. The van der Waals surface area contributed by atoms with Crippen LogP contribution in [0.1, 0.15) is 44.9 Å². The number of carbonyl (C=O) groups excluding carboxylic acids is 2. The predicted molar refractivity (Wildman–Crippen MR) is 118 cm³/mol. The first-order valence-corrected chi connectivity index (χ1v) is 12.1. The molecule has 3 aliphatic rings. The zero-order chi connectivity index (χ0) is 20.9. The van der Waals surface area contributed by atoms with Crippen LogP contribution in [0.5, 0.6) is 0 Å². The van der Waals surface area contributed by atoms with E-state index in [2.05, 4.69) is 16.2 Å². The Kier molecular flexibility index (Phi) is 7.28. The highest BCUT2D eigenvalue weighted by Crippen LogP contribution is 2.30. The number of benzene rings is 1. The number of anilines is 1. The number of nitrogens with zero attached hydrogens (tertiary/aromatic N) is 1. The predicted octanol–water partition coefficient (Wildman–Crippen LogP) is 2.91. The first-order valence-electron chi connectivity index (χ1n) is 11.1. The second-order valence-electron chi connectivity index (χ2n) is 8.59. The molecule has 2 heterocycles. The molecule has 0 aromatic heterocycles. The van der Waals surface area contributed by atoms with E-state index in [1.54, 1.807) is 18.2 Å². The Balaban J connectivity index is 1.19. The zero-order valence-electron chi connectivity index (χ0n) is 17.2. The van der Waals surface area contributed by atoms with Gasteiger partial charge in [0, 0.05) is 24.4 Å². The van der Waals surface area contributed by atoms with Crippen molar-refractivity contribution < 1.29 is 14.0 Å². The molecule has 30 heavy (non-hydrogen) atoms. The molecule has 8 heteroatoms. The maximum absolute atomic E-state index is 13.8. The summed E-state index contributed by atoms with van der Waals surface area (Å²) in [5.74, 6) is 0.639. The Morgan fingerprint density at radius 3 is 2.57 bits per heavy atom. The third-order valence-electron chi connectivity index (χ3n) is 6.59. The maximum Gasteiger partial charge on any atom is 0.243 e. The van der Waals surface area contributed by atoms with Crippen LogP contribution >= 0.6 is 11.8 Å². The van der Waals surface area contributed by atoms with Crippen LogP contribution in [0.15, 0.2) is 24.3 Å². The number of carbonyl (C=O) groups is 2. The largest absolute Gasteiger partial charge is 0.342 e. The molecule has 1 aromatic carbocycles. The van der Waals surface area contributed by atoms with Crippen LogP contribution in [0, 0.1) is 11.7 Å². The molecule has 0 radical (unpaired) electrons. The highest BCUT2D eigenvalue weighted by molar-refractivity contribution is 8.00. The Hall–Kier alpha value is -1.64. The third kappa shape index (κ3) is 5.34. The number of piperidine rings is 1. The average Bonchev–Trinajstić information content (AvgIpc) is 3.46. The monoisotopic (exact) mass is 434 g/mol. The molecule has 2 aliphatic heterocycles. The van der Waals surface area contributed by atoms with Crippen molar-refractivity contribution in [1.82, 2.24) is 15.8 Å². The van der Waals surface area contributed by atoms with Crippen molar-refractivity contribution in [3.05, 3.63) is 30.1 Å². The summed E-state index contributed by atoms with van der Waals surface area (Å²) in [4.78, 5) is 27.0. The summed E-state index contributed by atoms with van der Waals surface area (Å²) in [6.45, 7) is 1.58. The number of hydrogen-bond donors (Lipinski definition) is 3. The molecule has 164 valence electrons. The molecule has 2 atom stereocenters. The van der Waals surface area contributed by atoms with E-state index in [-0.39, 0.29) is 23.5 Å². The summed E-state index contributed by atoms with van der Waals surface area (Å²) in [5.41, 5.74) is 6.52. The van der Waals surface area contributed by atoms with Gasteiger partial charge in [-0.15, -0.1) is 11.8 Å². The van der Waals surface area contributed by atoms with Crippen LogP contribution in [0.25, 0.3) is 0 Å². The van der Waals surface area contributed by atoms with Crippen LogP contribution in [0.4, 0.5) is 10.1 Å². The molecule has 6 nitrogen and oxygen atoms in total. The van der Waals surface area contributed by atoms with Crippen molar-refractivity contribution in [2.24, 2.45) is 5.92 Å². The fourth-order valence-corrected chi connectivity index (χ4v) is 5.96. The van der Waals surface area contributed by atoms with Gasteiger partial charge < -0.3 is 10.2 Å². The van der Waals surface area contributed by atoms with Gasteiger partial charge in [0.25, 0.3) is 0 Å². The average molecular weight is 435 g/mol. The molecule has 2 amide bonds. The first-order chi connectivity index (χ1) is 14.6. The summed E-state index contributed by atoms with van der Waals surface area (Å²) in [6, 6.07) is 5.98. The number of rotatable bonds is 6. The Bertz CT molecular complexity index is 750. The molecular weight excluding hydrogens is 403 g/mol. The Morgan fingerprint density at radius 2 is 1.83 bits per heavy atom. The van der Waals surface area contributed by atoms with Gasteiger partial charge in [-0.2, -0.15) is 0 Å². The number of halogens is 1. The minimum Gasteiger partial charge on any atom is -0.342 e. The fraction of sp³-hybridized carbons (Fsp3) is 0.636. The number of likely N-dealkylation sites (tertiary alicyclic amines) is 1. The van der Waals surface area contributed by atoms with Crippen molar-refractivity contribution in [1.29, 1.82) is 0 Å². The standard InChI is InChI=1S/C22H31FN4O2S/c23-17-7-3-4-8-18(17)24-22(29)20-13-19(25-26-20)15-9-11-27(12-10-15)21(28)14-30-16-5-1-2-6-16/h3-4,7-8,15-16,19-20,25-26H,1-2,5-6,9-14H2,(H,24,29). The van der Waals surface area contributed by atoms with E-state index in [9.17, 15) is 14.0 Å². The quantitative estimate of drug-likeness (QED) is 0.642. The third-order valence-corrected chi connectivity index (χ3v) is 7.94. The summed E-state index contributed by atoms with van der Waals surface area (Å²) >= 11 is 1.83. The van der Waals surface area contributed by atoms with Gasteiger partial charge >= 0.3 is 0 Å². The number of amides is 2. The van der Waals surface area contributed by atoms with Crippen LogP contribution in [0.2, 0.25) is 0 Å². The van der Waals surface area contributed by atoms with Crippen LogP contribution < -0.4 is 16.2 Å². The van der Waals surface area contributed by atoms with Crippen molar-refractivity contribution in [3.63, 3.8) is 0 Å². The van der Waals surface area contributed by atoms with Crippen LogP contribution in [0.3, 0.4) is 0 Å². The smallest absolute Gasteiger partial charge is 0.243 e. The molecule has 1 aliphatic carbocycles. The molecule has 3 fully saturated rings. The SMILES string of the molecule is O=C(Nc1ccccc1F)C1CC(C2CCN(C(=O)CSC3CCCC3)CC2)NN1. The van der Waals surface area contributed by atoms with Gasteiger partial charge in [-0.1, -0.05) is 25.0 Å². The molecule has 0 spiro atoms. The number of hydrazine groups is 1. The molecule has 4 rings (SSSR count). The minimum atomic E-state index is -0.434. The Labute approximate surface area is 181 Å². The topological polar surface area (TPSA) is 73.5 Å². The van der Waals surface area contributed by atoms with Gasteiger partial charge in [0.05, 0.1) is 11.4 Å². The second kappa shape index (κ2) is 10.1. The molecule has 1 aromatic rings. The number of hydrogen-bond acceptors (Lipinski definition) is 5. The number of thioether (sulfide) groups is 1. The lowest BCUT2D eigenvalue weighted by Crippen LogP contribution is -2.45. The van der Waals surface area contributed by atoms with E-state index < -0.39 is 11.9 Å².